The van der Waals surface area contributed by atoms with Gasteiger partial charge in [0.1, 0.15) is 18.5 Å². The van der Waals surface area contributed by atoms with E-state index in [0.29, 0.717) is 36.1 Å². The van der Waals surface area contributed by atoms with E-state index in [0.717, 1.165) is 10.6 Å². The molecule has 3 heterocycles. The molecule has 0 aliphatic carbocycles. The Bertz CT molecular complexity index is 1320. The van der Waals surface area contributed by atoms with Crippen LogP contribution in [0.15, 0.2) is 36.0 Å². The fourth-order valence-electron chi connectivity index (χ4n) is 4.33. The second-order valence-corrected chi connectivity index (χ2v) is 10.7. The zero-order chi connectivity index (χ0) is 27.9. The van der Waals surface area contributed by atoms with Crippen molar-refractivity contribution < 1.29 is 23.9 Å². The number of hydrogen-bond acceptors (Lipinski definition) is 8. The highest BCUT2D eigenvalue weighted by molar-refractivity contribution is 7.09. The number of nitrogens with one attached hydrogen (secondary N) is 2. The molecule has 2 aromatic heterocycles. The molecule has 1 atom stereocenters. The van der Waals surface area contributed by atoms with E-state index in [1.807, 2.05) is 49.0 Å². The number of carbonyl (C=O) groups is 3. The summed E-state index contributed by atoms with van der Waals surface area (Å²) in [4.78, 5) is 49.6. The molecule has 0 spiro atoms. The first-order valence-corrected chi connectivity index (χ1v) is 13.7. The van der Waals surface area contributed by atoms with Gasteiger partial charge >= 0.3 is 0 Å². The summed E-state index contributed by atoms with van der Waals surface area (Å²) in [5.41, 5.74) is 1.46. The maximum Gasteiger partial charge on any atom is 0.242 e. The van der Waals surface area contributed by atoms with E-state index in [2.05, 4.69) is 20.6 Å². The molecule has 0 saturated carbocycles. The summed E-state index contributed by atoms with van der Waals surface area (Å²) in [7, 11) is 1.56. The summed E-state index contributed by atoms with van der Waals surface area (Å²) in [6.07, 6.45) is 3.60. The molecule has 11 nitrogen and oxygen atoms in total. The van der Waals surface area contributed by atoms with Crippen molar-refractivity contribution in [1.29, 1.82) is 0 Å². The molecule has 208 valence electrons. The average Bonchev–Trinajstić information content (AvgIpc) is 3.54. The first kappa shape index (κ1) is 28.1. The van der Waals surface area contributed by atoms with Crippen molar-refractivity contribution in [2.75, 3.05) is 33.4 Å². The standard InChI is InChI=1S/C27H34N6O5S/c1-17(2)25-27(36)29-8-10-32-9-7-28-26(32)19-5-6-21(37-4)22(13-19)38-12-11-33(15-23(34)31-25)24(35)14-20-16-39-18(3)30-20/h5-7,9,13,16-17,25H,8,10-12,14-15H2,1-4H3,(H,29,36)(H,31,34)/t25-/m1/s1. The van der Waals surface area contributed by atoms with Gasteiger partial charge in [-0.15, -0.1) is 11.3 Å². The highest BCUT2D eigenvalue weighted by Gasteiger charge is 2.26. The van der Waals surface area contributed by atoms with Crippen molar-refractivity contribution in [3.05, 3.63) is 46.7 Å². The van der Waals surface area contributed by atoms with Crippen LogP contribution in [0.5, 0.6) is 11.5 Å². The number of ether oxygens (including phenoxy) is 2. The molecule has 1 aliphatic rings. The van der Waals surface area contributed by atoms with Crippen LogP contribution in [0, 0.1) is 12.8 Å². The lowest BCUT2D eigenvalue weighted by Crippen LogP contribution is -2.53. The van der Waals surface area contributed by atoms with Crippen molar-refractivity contribution in [3.8, 4) is 22.9 Å². The number of nitrogens with zero attached hydrogens (tertiary/aromatic N) is 4. The van der Waals surface area contributed by atoms with E-state index in [1.54, 1.807) is 19.4 Å². The van der Waals surface area contributed by atoms with E-state index >= 15 is 0 Å². The maximum absolute atomic E-state index is 13.2. The predicted octanol–water partition coefficient (Wildman–Crippen LogP) is 2.04. The molecule has 12 heteroatoms. The van der Waals surface area contributed by atoms with Crippen molar-refractivity contribution in [2.45, 2.75) is 39.8 Å². The molecule has 39 heavy (non-hydrogen) atoms. The van der Waals surface area contributed by atoms with Gasteiger partial charge in [-0.1, -0.05) is 13.8 Å². The van der Waals surface area contributed by atoms with E-state index in [9.17, 15) is 14.4 Å². The number of fused-ring (bicyclic) bond motifs is 4. The summed E-state index contributed by atoms with van der Waals surface area (Å²) in [5.74, 6) is 0.627. The molecule has 0 saturated heterocycles. The average molecular weight is 555 g/mol. The minimum atomic E-state index is -0.746. The number of methoxy groups -OCH3 is 1. The quantitative estimate of drug-likeness (QED) is 0.505. The molecule has 3 aromatic rings. The van der Waals surface area contributed by atoms with Gasteiger partial charge < -0.3 is 29.6 Å². The largest absolute Gasteiger partial charge is 0.493 e. The van der Waals surface area contributed by atoms with Gasteiger partial charge in [0.25, 0.3) is 0 Å². The number of carbonyl (C=O) groups excluding carboxylic acids is 3. The summed E-state index contributed by atoms with van der Waals surface area (Å²) in [6.45, 7) is 6.49. The lowest BCUT2D eigenvalue weighted by atomic mass is 10.0. The van der Waals surface area contributed by atoms with E-state index in [1.165, 1.54) is 16.2 Å². The molecule has 4 rings (SSSR count). The Morgan fingerprint density at radius 1 is 1.28 bits per heavy atom. The third-order valence-electron chi connectivity index (χ3n) is 6.36. The minimum absolute atomic E-state index is 0.0627. The molecular formula is C27H34N6O5S. The molecule has 1 aromatic carbocycles. The van der Waals surface area contributed by atoms with Crippen LogP contribution in [-0.4, -0.2) is 76.5 Å². The van der Waals surface area contributed by atoms with Crippen LogP contribution in [0.3, 0.4) is 0 Å². The summed E-state index contributed by atoms with van der Waals surface area (Å²) in [5, 5.41) is 8.43. The van der Waals surface area contributed by atoms with Crippen LogP contribution in [0.4, 0.5) is 0 Å². The molecule has 3 amide bonds. The van der Waals surface area contributed by atoms with Gasteiger partial charge in [-0.3, -0.25) is 14.4 Å². The van der Waals surface area contributed by atoms with Crippen LogP contribution >= 0.6 is 11.3 Å². The Balaban J connectivity index is 1.62. The zero-order valence-corrected chi connectivity index (χ0v) is 23.4. The molecule has 0 radical (unpaired) electrons. The summed E-state index contributed by atoms with van der Waals surface area (Å²) in [6, 6.07) is 4.78. The maximum atomic E-state index is 13.2. The van der Waals surface area contributed by atoms with Gasteiger partial charge in [0, 0.05) is 36.4 Å². The van der Waals surface area contributed by atoms with Crippen molar-refractivity contribution >= 4 is 29.1 Å². The van der Waals surface area contributed by atoms with Crippen molar-refractivity contribution in [1.82, 2.24) is 30.1 Å². The lowest BCUT2D eigenvalue weighted by Gasteiger charge is -2.25. The second-order valence-electron chi connectivity index (χ2n) is 9.59. The fourth-order valence-corrected chi connectivity index (χ4v) is 4.94. The SMILES string of the molecule is COc1ccc2cc1OCCN(C(=O)Cc1csc(C)n1)CC(=O)N[C@H](C(C)C)C(=O)NCCn1ccnc1-2. The monoisotopic (exact) mass is 554 g/mol. The second kappa shape index (κ2) is 12.7. The highest BCUT2D eigenvalue weighted by Crippen LogP contribution is 2.32. The third-order valence-corrected chi connectivity index (χ3v) is 7.18. The van der Waals surface area contributed by atoms with Gasteiger partial charge in [-0.25, -0.2) is 9.97 Å². The number of thiazole rings is 1. The van der Waals surface area contributed by atoms with Crippen LogP contribution < -0.4 is 20.1 Å². The number of aryl methyl sites for hydroxylation is 1. The molecular weight excluding hydrogens is 520 g/mol. The molecule has 2 bridgehead atoms. The predicted molar refractivity (Wildman–Crippen MR) is 147 cm³/mol. The zero-order valence-electron chi connectivity index (χ0n) is 22.6. The van der Waals surface area contributed by atoms with E-state index in [-0.39, 0.29) is 43.8 Å². The summed E-state index contributed by atoms with van der Waals surface area (Å²) < 4.78 is 13.5. The van der Waals surface area contributed by atoms with Gasteiger partial charge in [0.05, 0.1) is 37.3 Å². The number of aromatic nitrogens is 3. The van der Waals surface area contributed by atoms with Gasteiger partial charge in [-0.05, 0) is 31.0 Å². The molecule has 0 fully saturated rings. The van der Waals surface area contributed by atoms with E-state index < -0.39 is 11.9 Å². The minimum Gasteiger partial charge on any atom is -0.493 e. The number of amides is 3. The van der Waals surface area contributed by atoms with E-state index in [4.69, 9.17) is 9.47 Å². The molecule has 1 aliphatic heterocycles. The smallest absolute Gasteiger partial charge is 0.242 e. The fraction of sp³-hybridized carbons (Fsp3) is 0.444. The molecule has 0 unspecified atom stereocenters. The Morgan fingerprint density at radius 2 is 2.10 bits per heavy atom. The Labute approximate surface area is 231 Å². The number of hydrogen-bond donors (Lipinski definition) is 2. The van der Waals surface area contributed by atoms with Gasteiger partial charge in [-0.2, -0.15) is 0 Å². The molecule has 2 N–H and O–H groups in total. The number of rotatable bonds is 4. The highest BCUT2D eigenvalue weighted by atomic mass is 32.1. The Kier molecular flexibility index (Phi) is 9.18. The summed E-state index contributed by atoms with van der Waals surface area (Å²) >= 11 is 1.46. The number of imidazole rings is 1. The van der Waals surface area contributed by atoms with Crippen molar-refractivity contribution in [2.24, 2.45) is 5.92 Å². The van der Waals surface area contributed by atoms with Crippen LogP contribution in [0.2, 0.25) is 0 Å². The van der Waals surface area contributed by atoms with Crippen LogP contribution in [-0.2, 0) is 27.3 Å². The number of benzene rings is 1. The van der Waals surface area contributed by atoms with Crippen LogP contribution in [0.25, 0.3) is 11.4 Å². The Hall–Kier alpha value is -3.93. The van der Waals surface area contributed by atoms with Gasteiger partial charge in [0.15, 0.2) is 11.5 Å². The van der Waals surface area contributed by atoms with Crippen LogP contribution in [0.1, 0.15) is 24.5 Å². The normalized spacial score (nSPS) is 17.1. The Morgan fingerprint density at radius 3 is 2.82 bits per heavy atom. The lowest BCUT2D eigenvalue weighted by molar-refractivity contribution is -0.137. The first-order chi connectivity index (χ1) is 18.7. The third kappa shape index (κ3) is 7.14. The van der Waals surface area contributed by atoms with Gasteiger partial charge in [0.2, 0.25) is 17.7 Å². The topological polar surface area (TPSA) is 128 Å². The van der Waals surface area contributed by atoms with Crippen molar-refractivity contribution in [3.63, 3.8) is 0 Å². The first-order valence-electron chi connectivity index (χ1n) is 12.8.